The summed E-state index contributed by atoms with van der Waals surface area (Å²) < 4.78 is 52.3. The normalized spacial score (nSPS) is 10.7. The summed E-state index contributed by atoms with van der Waals surface area (Å²) in [5, 5.41) is 38.8. The van der Waals surface area contributed by atoms with Gasteiger partial charge in [0.25, 0.3) is 0 Å². The Morgan fingerprint density at radius 2 is 1.03 bits per heavy atom. The van der Waals surface area contributed by atoms with Gasteiger partial charge >= 0.3 is 27.7 Å². The smallest absolute Gasteiger partial charge is 0.444 e. The van der Waals surface area contributed by atoms with E-state index in [1.165, 1.54) is 60.7 Å². The molecular formula is C21H14B3F3N2O5. The summed E-state index contributed by atoms with van der Waals surface area (Å²) in [5.41, 5.74) is 1.45. The standard InChI is InChI=1S/C21H14B3F3N2O5/c25-21(26,27)32-20-11-9-19(10-12-20)24(33-22(30)17-5-1-15(13-28)2-6-17)34-23(31)18-7-3-16(14-29)4-8-18/h1-12,30-31H. The molecule has 0 heterocycles. The SMILES string of the molecule is N#Cc1ccc(B(O)OB(OB(O)c2ccc(C#N)cc2)c2ccc(OC(F)(F)F)cc2)cc1. The second-order valence-electron chi connectivity index (χ2n) is 6.89. The Bertz CT molecular complexity index is 1120. The number of nitriles is 2. The lowest BCUT2D eigenvalue weighted by Gasteiger charge is -2.20. The lowest BCUT2D eigenvalue weighted by Crippen LogP contribution is -2.51. The molecule has 13 heteroatoms. The van der Waals surface area contributed by atoms with Crippen LogP contribution in [0.4, 0.5) is 13.2 Å². The first-order valence-corrected chi connectivity index (χ1v) is 9.71. The Labute approximate surface area is 194 Å². The van der Waals surface area contributed by atoms with Gasteiger partial charge in [-0.2, -0.15) is 10.5 Å². The summed E-state index contributed by atoms with van der Waals surface area (Å²) in [5.74, 6) is -0.477. The second kappa shape index (κ2) is 10.9. The summed E-state index contributed by atoms with van der Waals surface area (Å²) in [7, 11) is -4.54. The molecule has 0 spiro atoms. The Balaban J connectivity index is 1.83. The van der Waals surface area contributed by atoms with Crippen molar-refractivity contribution in [2.75, 3.05) is 0 Å². The average molecular weight is 464 g/mol. The lowest BCUT2D eigenvalue weighted by atomic mass is 9.67. The van der Waals surface area contributed by atoms with E-state index in [0.717, 1.165) is 12.1 Å². The van der Waals surface area contributed by atoms with Gasteiger partial charge in [-0.05, 0) is 52.8 Å². The summed E-state index contributed by atoms with van der Waals surface area (Å²) in [6, 6.07) is 20.1. The molecule has 7 nitrogen and oxygen atoms in total. The van der Waals surface area contributed by atoms with Crippen LogP contribution in [-0.4, -0.2) is 37.8 Å². The van der Waals surface area contributed by atoms with Crippen molar-refractivity contribution in [3.63, 3.8) is 0 Å². The molecule has 0 fully saturated rings. The monoisotopic (exact) mass is 464 g/mol. The number of nitrogens with zero attached hydrogens (tertiary/aromatic N) is 2. The van der Waals surface area contributed by atoms with Gasteiger partial charge in [0.2, 0.25) is 0 Å². The molecule has 3 aromatic rings. The van der Waals surface area contributed by atoms with E-state index in [1.54, 1.807) is 0 Å². The fraction of sp³-hybridized carbons (Fsp3) is 0.0476. The number of hydrogen-bond acceptors (Lipinski definition) is 7. The van der Waals surface area contributed by atoms with Crippen LogP contribution < -0.4 is 21.1 Å². The van der Waals surface area contributed by atoms with E-state index in [2.05, 4.69) is 4.74 Å². The molecule has 0 aromatic heterocycles. The summed E-state index contributed by atoms with van der Waals surface area (Å²) >= 11 is 0. The van der Waals surface area contributed by atoms with Crippen LogP contribution in [0, 0.1) is 22.7 Å². The number of rotatable bonds is 8. The van der Waals surface area contributed by atoms with Gasteiger partial charge < -0.3 is 23.9 Å². The summed E-state index contributed by atoms with van der Waals surface area (Å²) in [6.07, 6.45) is -4.87. The molecule has 0 amide bonds. The third-order valence-corrected chi connectivity index (χ3v) is 4.54. The van der Waals surface area contributed by atoms with E-state index in [4.69, 9.17) is 19.7 Å². The van der Waals surface area contributed by atoms with Crippen molar-refractivity contribution in [2.45, 2.75) is 6.36 Å². The van der Waals surface area contributed by atoms with Crippen molar-refractivity contribution in [1.29, 1.82) is 10.5 Å². The minimum absolute atomic E-state index is 0.176. The molecule has 0 bridgehead atoms. The van der Waals surface area contributed by atoms with E-state index >= 15 is 0 Å². The molecule has 0 aliphatic heterocycles. The minimum Gasteiger partial charge on any atom is -0.444 e. The van der Waals surface area contributed by atoms with Crippen molar-refractivity contribution >= 4 is 37.7 Å². The highest BCUT2D eigenvalue weighted by Crippen LogP contribution is 2.21. The molecule has 168 valence electrons. The molecule has 0 atom stereocenters. The highest BCUT2D eigenvalue weighted by molar-refractivity contribution is 6.79. The molecule has 34 heavy (non-hydrogen) atoms. The minimum atomic E-state index is -4.87. The fourth-order valence-electron chi connectivity index (χ4n) is 2.85. The Hall–Kier alpha value is -3.74. The number of ether oxygens (including phenoxy) is 1. The summed E-state index contributed by atoms with van der Waals surface area (Å²) in [4.78, 5) is 0. The van der Waals surface area contributed by atoms with Crippen molar-refractivity contribution in [2.24, 2.45) is 0 Å². The molecule has 0 unspecified atom stereocenters. The van der Waals surface area contributed by atoms with Crippen LogP contribution >= 0.6 is 0 Å². The van der Waals surface area contributed by atoms with Gasteiger partial charge in [-0.3, -0.25) is 0 Å². The topological polar surface area (TPSA) is 116 Å². The molecule has 3 aromatic carbocycles. The van der Waals surface area contributed by atoms with Crippen molar-refractivity contribution in [3.8, 4) is 17.9 Å². The zero-order valence-corrected chi connectivity index (χ0v) is 17.3. The van der Waals surface area contributed by atoms with Crippen molar-refractivity contribution in [1.82, 2.24) is 0 Å². The van der Waals surface area contributed by atoms with Crippen LogP contribution in [0.15, 0.2) is 72.8 Å². The van der Waals surface area contributed by atoms with Crippen molar-refractivity contribution in [3.05, 3.63) is 83.9 Å². The highest BCUT2D eigenvalue weighted by atomic mass is 19.4. The van der Waals surface area contributed by atoms with Crippen LogP contribution in [0.25, 0.3) is 0 Å². The molecule has 0 saturated heterocycles. The van der Waals surface area contributed by atoms with Gasteiger partial charge in [0.15, 0.2) is 0 Å². The predicted octanol–water partition coefficient (Wildman–Crippen LogP) is 0.832. The maximum absolute atomic E-state index is 12.5. The first kappa shape index (κ1) is 24.9. The maximum atomic E-state index is 12.5. The number of hydrogen-bond donors (Lipinski definition) is 2. The van der Waals surface area contributed by atoms with Gasteiger partial charge in [-0.25, -0.2) is 0 Å². The van der Waals surface area contributed by atoms with Crippen LogP contribution in [0.2, 0.25) is 0 Å². The fourth-order valence-corrected chi connectivity index (χ4v) is 2.85. The van der Waals surface area contributed by atoms with E-state index in [1.807, 2.05) is 12.1 Å². The zero-order chi connectivity index (χ0) is 24.7. The third-order valence-electron chi connectivity index (χ3n) is 4.54. The highest BCUT2D eigenvalue weighted by Gasteiger charge is 2.34. The van der Waals surface area contributed by atoms with Gasteiger partial charge in [-0.15, -0.1) is 13.2 Å². The molecule has 0 radical (unpaired) electrons. The Morgan fingerprint density at radius 1 is 0.647 bits per heavy atom. The molecule has 2 N–H and O–H groups in total. The van der Waals surface area contributed by atoms with Crippen LogP contribution in [0.5, 0.6) is 5.75 Å². The lowest BCUT2D eigenvalue weighted by molar-refractivity contribution is -0.274. The zero-order valence-electron chi connectivity index (χ0n) is 17.3. The number of benzene rings is 3. The van der Waals surface area contributed by atoms with Gasteiger partial charge in [-0.1, -0.05) is 36.4 Å². The largest absolute Gasteiger partial charge is 0.573 e. The molecule has 0 aliphatic rings. The van der Waals surface area contributed by atoms with Crippen LogP contribution in [0.3, 0.4) is 0 Å². The molecular weight excluding hydrogens is 450 g/mol. The Morgan fingerprint density at radius 3 is 1.38 bits per heavy atom. The second-order valence-corrected chi connectivity index (χ2v) is 6.89. The van der Waals surface area contributed by atoms with Gasteiger partial charge in [0.1, 0.15) is 5.75 Å². The maximum Gasteiger partial charge on any atom is 0.573 e. The quantitative estimate of drug-likeness (QED) is 0.475. The predicted molar refractivity (Wildman–Crippen MR) is 118 cm³/mol. The van der Waals surface area contributed by atoms with E-state index in [0.29, 0.717) is 11.1 Å². The van der Waals surface area contributed by atoms with Crippen molar-refractivity contribution < 1.29 is 37.1 Å². The van der Waals surface area contributed by atoms with Crippen LogP contribution in [0.1, 0.15) is 11.1 Å². The molecule has 0 saturated carbocycles. The van der Waals surface area contributed by atoms with E-state index in [-0.39, 0.29) is 16.4 Å². The van der Waals surface area contributed by atoms with Gasteiger partial charge in [0, 0.05) is 0 Å². The number of halogens is 3. The van der Waals surface area contributed by atoms with E-state index in [9.17, 15) is 23.2 Å². The van der Waals surface area contributed by atoms with Crippen LogP contribution in [-0.2, 0) is 9.14 Å². The molecule has 0 aliphatic carbocycles. The molecule has 3 rings (SSSR count). The number of alkyl halides is 3. The Kier molecular flexibility index (Phi) is 8.00. The first-order chi connectivity index (χ1) is 16.2. The average Bonchev–Trinajstić information content (AvgIpc) is 2.83. The van der Waals surface area contributed by atoms with E-state index < -0.39 is 33.5 Å². The first-order valence-electron chi connectivity index (χ1n) is 9.71. The summed E-state index contributed by atoms with van der Waals surface area (Å²) in [6.45, 7) is 0. The third kappa shape index (κ3) is 6.88. The van der Waals surface area contributed by atoms with Gasteiger partial charge in [0.05, 0.1) is 23.3 Å².